The van der Waals surface area contributed by atoms with Crippen molar-refractivity contribution in [1.82, 2.24) is 14.9 Å². The molecule has 1 aliphatic carbocycles. The zero-order chi connectivity index (χ0) is 18.8. The van der Waals surface area contributed by atoms with Crippen LogP contribution < -0.4 is 10.9 Å². The van der Waals surface area contributed by atoms with Gasteiger partial charge in [-0.05, 0) is 37.0 Å². The van der Waals surface area contributed by atoms with E-state index in [0.29, 0.717) is 11.7 Å². The summed E-state index contributed by atoms with van der Waals surface area (Å²) in [5.74, 6) is 0.0894. The molecule has 2 aromatic heterocycles. The molecule has 138 valence electrons. The second kappa shape index (κ2) is 7.70. The van der Waals surface area contributed by atoms with Gasteiger partial charge in [-0.25, -0.2) is 4.98 Å². The van der Waals surface area contributed by atoms with Crippen molar-refractivity contribution in [2.45, 2.75) is 24.4 Å². The molecule has 0 saturated heterocycles. The molecular weight excluding hydrogens is 378 g/mol. The number of aromatic nitrogens is 2. The molecule has 2 heterocycles. The van der Waals surface area contributed by atoms with Crippen LogP contribution >= 0.6 is 23.1 Å². The molecular formula is C20H19N3O2S2. The average molecular weight is 398 g/mol. The van der Waals surface area contributed by atoms with Gasteiger partial charge in [0.2, 0.25) is 5.91 Å². The van der Waals surface area contributed by atoms with E-state index in [1.807, 2.05) is 30.3 Å². The SMILES string of the molecule is C=CCNC(=O)CSc1nc2sc3c(c2c(=O)n1-c1ccccc1)CCC3. The van der Waals surface area contributed by atoms with Crippen molar-refractivity contribution in [3.63, 3.8) is 0 Å². The van der Waals surface area contributed by atoms with Crippen molar-refractivity contribution >= 4 is 39.2 Å². The van der Waals surface area contributed by atoms with Gasteiger partial charge >= 0.3 is 0 Å². The largest absolute Gasteiger partial charge is 0.352 e. The summed E-state index contributed by atoms with van der Waals surface area (Å²) in [6, 6.07) is 9.50. The summed E-state index contributed by atoms with van der Waals surface area (Å²) in [4.78, 5) is 32.2. The van der Waals surface area contributed by atoms with Crippen molar-refractivity contribution in [1.29, 1.82) is 0 Å². The highest BCUT2D eigenvalue weighted by atomic mass is 32.2. The van der Waals surface area contributed by atoms with E-state index in [1.54, 1.807) is 22.0 Å². The van der Waals surface area contributed by atoms with Crippen LogP contribution in [0.5, 0.6) is 0 Å². The Morgan fingerprint density at radius 2 is 2.15 bits per heavy atom. The Bertz CT molecular complexity index is 1070. The van der Waals surface area contributed by atoms with Crippen LogP contribution in [-0.4, -0.2) is 27.8 Å². The van der Waals surface area contributed by atoms with E-state index >= 15 is 0 Å². The molecule has 1 amide bonds. The standard InChI is InChI=1S/C20H19N3O2S2/c1-2-11-21-16(24)12-26-20-22-18-17(14-9-6-10-15(14)27-18)19(25)23(20)13-7-4-3-5-8-13/h2-5,7-8H,1,6,9-12H2,(H,21,24). The molecule has 5 nitrogen and oxygen atoms in total. The second-order valence-electron chi connectivity index (χ2n) is 6.29. The van der Waals surface area contributed by atoms with Crippen LogP contribution in [0.1, 0.15) is 16.9 Å². The first-order valence-corrected chi connectivity index (χ1v) is 10.6. The zero-order valence-corrected chi connectivity index (χ0v) is 16.4. The third kappa shape index (κ3) is 3.44. The van der Waals surface area contributed by atoms with Gasteiger partial charge in [0.05, 0.1) is 16.8 Å². The molecule has 27 heavy (non-hydrogen) atoms. The summed E-state index contributed by atoms with van der Waals surface area (Å²) >= 11 is 2.90. The molecule has 0 saturated carbocycles. The van der Waals surface area contributed by atoms with E-state index in [-0.39, 0.29) is 17.2 Å². The van der Waals surface area contributed by atoms with Gasteiger partial charge in [0.25, 0.3) is 5.56 Å². The molecule has 1 N–H and O–H groups in total. The zero-order valence-electron chi connectivity index (χ0n) is 14.7. The third-order valence-corrected chi connectivity index (χ3v) is 6.62. The molecule has 0 unspecified atom stereocenters. The normalized spacial score (nSPS) is 12.9. The molecule has 0 radical (unpaired) electrons. The van der Waals surface area contributed by atoms with Crippen LogP contribution in [0.15, 0.2) is 52.9 Å². The van der Waals surface area contributed by atoms with Crippen molar-refractivity contribution in [2.24, 2.45) is 0 Å². The highest BCUT2D eigenvalue weighted by Crippen LogP contribution is 2.36. The lowest BCUT2D eigenvalue weighted by Gasteiger charge is -2.12. The monoisotopic (exact) mass is 397 g/mol. The predicted molar refractivity (Wildman–Crippen MR) is 111 cm³/mol. The number of fused-ring (bicyclic) bond motifs is 3. The number of benzene rings is 1. The number of rotatable bonds is 6. The Balaban J connectivity index is 1.80. The number of para-hydroxylation sites is 1. The van der Waals surface area contributed by atoms with Gasteiger partial charge in [-0.3, -0.25) is 14.2 Å². The van der Waals surface area contributed by atoms with Crippen molar-refractivity contribution in [3.8, 4) is 5.69 Å². The third-order valence-electron chi connectivity index (χ3n) is 4.50. The van der Waals surface area contributed by atoms with Crippen LogP contribution in [-0.2, 0) is 17.6 Å². The van der Waals surface area contributed by atoms with E-state index in [2.05, 4.69) is 11.9 Å². The van der Waals surface area contributed by atoms with Crippen molar-refractivity contribution < 1.29 is 4.79 Å². The first-order valence-electron chi connectivity index (χ1n) is 8.82. The number of carbonyl (C=O) groups excluding carboxylic acids is 1. The number of nitrogens with one attached hydrogen (secondary N) is 1. The van der Waals surface area contributed by atoms with Crippen molar-refractivity contribution in [2.75, 3.05) is 12.3 Å². The van der Waals surface area contributed by atoms with E-state index in [9.17, 15) is 9.59 Å². The fourth-order valence-electron chi connectivity index (χ4n) is 3.29. The molecule has 3 aromatic rings. The number of hydrogen-bond donors (Lipinski definition) is 1. The van der Waals surface area contributed by atoms with Crippen LogP contribution in [0.25, 0.3) is 15.9 Å². The lowest BCUT2D eigenvalue weighted by molar-refractivity contribution is -0.118. The average Bonchev–Trinajstić information content (AvgIpc) is 3.26. The molecule has 7 heteroatoms. The number of carbonyl (C=O) groups is 1. The summed E-state index contributed by atoms with van der Waals surface area (Å²) in [6.45, 7) is 4.02. The topological polar surface area (TPSA) is 64.0 Å². The number of nitrogens with zero attached hydrogens (tertiary/aromatic N) is 2. The number of hydrogen-bond acceptors (Lipinski definition) is 5. The Hall–Kier alpha value is -2.38. The Morgan fingerprint density at radius 1 is 1.33 bits per heavy atom. The van der Waals surface area contributed by atoms with Crippen LogP contribution in [0.3, 0.4) is 0 Å². The first-order chi connectivity index (χ1) is 13.2. The van der Waals surface area contributed by atoms with Crippen LogP contribution in [0.2, 0.25) is 0 Å². The fourth-order valence-corrected chi connectivity index (χ4v) is 5.44. The predicted octanol–water partition coefficient (Wildman–Crippen LogP) is 3.33. The first kappa shape index (κ1) is 18.0. The summed E-state index contributed by atoms with van der Waals surface area (Å²) in [5, 5.41) is 4.05. The molecule has 0 atom stereocenters. The smallest absolute Gasteiger partial charge is 0.267 e. The minimum absolute atomic E-state index is 0.0420. The van der Waals surface area contributed by atoms with E-state index < -0.39 is 0 Å². The maximum atomic E-state index is 13.4. The summed E-state index contributed by atoms with van der Waals surface area (Å²) in [7, 11) is 0. The van der Waals surface area contributed by atoms with E-state index in [1.165, 1.54) is 16.6 Å². The van der Waals surface area contributed by atoms with Gasteiger partial charge in [0.15, 0.2) is 5.16 Å². The van der Waals surface area contributed by atoms with Gasteiger partial charge in [-0.2, -0.15) is 0 Å². The molecule has 0 spiro atoms. The molecule has 1 aliphatic rings. The van der Waals surface area contributed by atoms with Gasteiger partial charge in [0.1, 0.15) is 4.83 Å². The Labute approximate surface area is 165 Å². The number of amides is 1. The second-order valence-corrected chi connectivity index (χ2v) is 8.32. The molecule has 1 aromatic carbocycles. The highest BCUT2D eigenvalue weighted by Gasteiger charge is 2.24. The lowest BCUT2D eigenvalue weighted by Crippen LogP contribution is -2.26. The molecule has 4 rings (SSSR count). The summed E-state index contributed by atoms with van der Waals surface area (Å²) in [5.41, 5.74) is 1.89. The number of aryl methyl sites for hydroxylation is 2. The van der Waals surface area contributed by atoms with Gasteiger partial charge in [-0.15, -0.1) is 17.9 Å². The van der Waals surface area contributed by atoms with Crippen LogP contribution in [0, 0.1) is 0 Å². The molecule has 0 bridgehead atoms. The highest BCUT2D eigenvalue weighted by molar-refractivity contribution is 7.99. The minimum Gasteiger partial charge on any atom is -0.352 e. The summed E-state index contributed by atoms with van der Waals surface area (Å²) < 4.78 is 1.64. The van der Waals surface area contributed by atoms with Crippen molar-refractivity contribution in [3.05, 3.63) is 63.8 Å². The van der Waals surface area contributed by atoms with Gasteiger partial charge in [-0.1, -0.05) is 36.0 Å². The Morgan fingerprint density at radius 3 is 2.93 bits per heavy atom. The quantitative estimate of drug-likeness (QED) is 0.394. The fraction of sp³-hybridized carbons (Fsp3) is 0.250. The van der Waals surface area contributed by atoms with Crippen LogP contribution in [0.4, 0.5) is 0 Å². The maximum absolute atomic E-state index is 13.4. The summed E-state index contributed by atoms with van der Waals surface area (Å²) in [6.07, 6.45) is 4.70. The van der Waals surface area contributed by atoms with E-state index in [4.69, 9.17) is 4.98 Å². The molecule has 0 aliphatic heterocycles. The maximum Gasteiger partial charge on any atom is 0.267 e. The van der Waals surface area contributed by atoms with Gasteiger partial charge in [0, 0.05) is 11.4 Å². The number of thioether (sulfide) groups is 1. The lowest BCUT2D eigenvalue weighted by atomic mass is 10.2. The number of thiophene rings is 1. The van der Waals surface area contributed by atoms with Gasteiger partial charge < -0.3 is 5.32 Å². The Kier molecular flexibility index (Phi) is 5.13. The molecule has 0 fully saturated rings. The minimum atomic E-state index is -0.109. The van der Waals surface area contributed by atoms with E-state index in [0.717, 1.165) is 40.7 Å².